The fourth-order valence-corrected chi connectivity index (χ4v) is 3.46. The summed E-state index contributed by atoms with van der Waals surface area (Å²) in [6.07, 6.45) is -2.61. The molecule has 1 aliphatic heterocycles. The number of hydrogen-bond donors (Lipinski definition) is 3. The molecule has 0 aromatic carbocycles. The van der Waals surface area contributed by atoms with E-state index in [1.54, 1.807) is 0 Å². The Labute approximate surface area is 176 Å². The van der Waals surface area contributed by atoms with E-state index < -0.39 is 47.5 Å². The summed E-state index contributed by atoms with van der Waals surface area (Å²) < 4.78 is 74.4. The van der Waals surface area contributed by atoms with Crippen LogP contribution in [0.3, 0.4) is 0 Å². The van der Waals surface area contributed by atoms with Crippen LogP contribution >= 0.6 is 0 Å². The molecule has 1 saturated heterocycles. The molecule has 0 bridgehead atoms. The molecule has 0 saturated carbocycles. The number of anilines is 1. The van der Waals surface area contributed by atoms with Crippen molar-refractivity contribution >= 4 is 17.2 Å². The first-order chi connectivity index (χ1) is 15.0. The highest BCUT2D eigenvalue weighted by Gasteiger charge is 2.45. The third kappa shape index (κ3) is 3.66. The first-order valence-corrected chi connectivity index (χ1v) is 9.16. The van der Waals surface area contributed by atoms with Crippen LogP contribution < -0.4 is 21.1 Å². The average Bonchev–Trinajstić information content (AvgIpc) is 3.28. The lowest BCUT2D eigenvalue weighted by Crippen LogP contribution is -2.46. The van der Waals surface area contributed by atoms with E-state index in [4.69, 9.17) is 10.5 Å². The lowest BCUT2D eigenvalue weighted by Gasteiger charge is -2.19. The van der Waals surface area contributed by atoms with Gasteiger partial charge in [-0.3, -0.25) is 4.79 Å². The molecular weight excluding hydrogens is 441 g/mol. The average molecular weight is 457 g/mol. The first kappa shape index (κ1) is 21.7. The molecule has 3 aromatic heterocycles. The smallest absolute Gasteiger partial charge is 0.418 e. The minimum Gasteiger partial charge on any atom is -0.480 e. The maximum Gasteiger partial charge on any atom is 0.418 e. The number of methoxy groups -OCH3 is 1. The summed E-state index contributed by atoms with van der Waals surface area (Å²) in [5, 5.41) is 8.52. The monoisotopic (exact) mass is 457 g/mol. The molecule has 1 fully saturated rings. The Hall–Kier alpha value is -3.55. The van der Waals surface area contributed by atoms with E-state index in [9.17, 15) is 26.7 Å². The quantitative estimate of drug-likeness (QED) is 0.511. The van der Waals surface area contributed by atoms with Gasteiger partial charge in [0, 0.05) is 18.3 Å². The number of rotatable bonds is 4. The number of carbonyl (C=O) groups is 1. The van der Waals surface area contributed by atoms with Gasteiger partial charge in [-0.2, -0.15) is 18.3 Å². The second kappa shape index (κ2) is 7.55. The Bertz CT molecular complexity index is 1190. The van der Waals surface area contributed by atoms with Crippen LogP contribution in [0.25, 0.3) is 16.8 Å². The Kier molecular flexibility index (Phi) is 5.11. The molecule has 0 aliphatic carbocycles. The number of ether oxygens (including phenoxy) is 1. The standard InChI is InChI=1S/C18H16F5N7O2/c1-32-16-9(15(31)29-12-5-25-6-17(12,19)20)2-8(4-26-16)11-3-10(18(21,22)23)13-14(24)27-7-28-30(11)13/h2-4,7,12,25H,5-6H2,1H3,(H,29,31)(H2,24,27,28). The summed E-state index contributed by atoms with van der Waals surface area (Å²) in [5.74, 6) is -4.67. The van der Waals surface area contributed by atoms with Gasteiger partial charge < -0.3 is 21.1 Å². The Morgan fingerprint density at radius 1 is 1.34 bits per heavy atom. The van der Waals surface area contributed by atoms with E-state index in [1.165, 1.54) is 19.4 Å². The van der Waals surface area contributed by atoms with Gasteiger partial charge in [0.25, 0.3) is 11.8 Å². The third-order valence-corrected chi connectivity index (χ3v) is 5.00. The van der Waals surface area contributed by atoms with Crippen molar-refractivity contribution in [3.05, 3.63) is 35.8 Å². The van der Waals surface area contributed by atoms with Crippen LogP contribution in [0.2, 0.25) is 0 Å². The van der Waals surface area contributed by atoms with Crippen LogP contribution in [-0.4, -0.2) is 57.7 Å². The van der Waals surface area contributed by atoms with Gasteiger partial charge >= 0.3 is 6.18 Å². The fourth-order valence-electron chi connectivity index (χ4n) is 3.46. The molecule has 4 heterocycles. The molecule has 14 heteroatoms. The molecule has 1 amide bonds. The molecule has 9 nitrogen and oxygen atoms in total. The van der Waals surface area contributed by atoms with E-state index in [2.05, 4.69) is 25.7 Å². The van der Waals surface area contributed by atoms with Gasteiger partial charge in [0.2, 0.25) is 5.88 Å². The number of pyridine rings is 1. The number of carbonyl (C=O) groups excluding carboxylic acids is 1. The van der Waals surface area contributed by atoms with Gasteiger partial charge in [-0.1, -0.05) is 0 Å². The second-order valence-corrected chi connectivity index (χ2v) is 7.05. The van der Waals surface area contributed by atoms with Gasteiger partial charge in [-0.25, -0.2) is 23.3 Å². The molecule has 1 unspecified atom stereocenters. The molecule has 0 spiro atoms. The topological polar surface area (TPSA) is 119 Å². The zero-order valence-corrected chi connectivity index (χ0v) is 16.4. The van der Waals surface area contributed by atoms with E-state index in [-0.39, 0.29) is 29.2 Å². The maximum atomic E-state index is 13.9. The minimum absolute atomic E-state index is 0.0517. The number of halogens is 5. The first-order valence-electron chi connectivity index (χ1n) is 9.16. The van der Waals surface area contributed by atoms with Crippen molar-refractivity contribution in [3.63, 3.8) is 0 Å². The molecule has 4 N–H and O–H groups in total. The molecule has 1 aliphatic rings. The Morgan fingerprint density at radius 2 is 2.09 bits per heavy atom. The molecule has 3 aromatic rings. The number of alkyl halides is 5. The zero-order valence-electron chi connectivity index (χ0n) is 16.4. The van der Waals surface area contributed by atoms with Gasteiger partial charge in [-0.15, -0.1) is 0 Å². The van der Waals surface area contributed by atoms with Crippen molar-refractivity contribution in [1.82, 2.24) is 30.2 Å². The lowest BCUT2D eigenvalue weighted by molar-refractivity contribution is -0.136. The highest BCUT2D eigenvalue weighted by Crippen LogP contribution is 2.39. The number of nitrogens with one attached hydrogen (secondary N) is 2. The minimum atomic E-state index is -4.76. The molecule has 1 atom stereocenters. The highest BCUT2D eigenvalue weighted by molar-refractivity contribution is 5.98. The highest BCUT2D eigenvalue weighted by atomic mass is 19.4. The number of hydrogen-bond acceptors (Lipinski definition) is 7. The van der Waals surface area contributed by atoms with Crippen LogP contribution in [0, 0.1) is 0 Å². The summed E-state index contributed by atoms with van der Waals surface area (Å²) >= 11 is 0. The molecule has 0 radical (unpaired) electrons. The predicted molar refractivity (Wildman–Crippen MR) is 101 cm³/mol. The van der Waals surface area contributed by atoms with Crippen LogP contribution in [0.15, 0.2) is 24.7 Å². The summed E-state index contributed by atoms with van der Waals surface area (Å²) in [5.41, 5.74) is 3.82. The van der Waals surface area contributed by atoms with Crippen molar-refractivity contribution in [2.45, 2.75) is 18.1 Å². The predicted octanol–water partition coefficient (Wildman–Crippen LogP) is 1.74. The number of nitrogens with two attached hydrogens (primary N) is 1. The van der Waals surface area contributed by atoms with E-state index in [0.29, 0.717) is 0 Å². The molecular formula is C18H16F5N7O2. The number of nitrogens with zero attached hydrogens (tertiary/aromatic N) is 4. The lowest BCUT2D eigenvalue weighted by atomic mass is 10.1. The van der Waals surface area contributed by atoms with Gasteiger partial charge in [-0.05, 0) is 12.1 Å². The number of amides is 1. The van der Waals surface area contributed by atoms with E-state index >= 15 is 0 Å². The summed E-state index contributed by atoms with van der Waals surface area (Å²) in [7, 11) is 1.22. The second-order valence-electron chi connectivity index (χ2n) is 7.05. The number of fused-ring (bicyclic) bond motifs is 1. The van der Waals surface area contributed by atoms with Crippen molar-refractivity contribution in [2.24, 2.45) is 0 Å². The van der Waals surface area contributed by atoms with Crippen molar-refractivity contribution in [3.8, 4) is 17.1 Å². The molecule has 4 rings (SSSR count). The maximum absolute atomic E-state index is 13.9. The van der Waals surface area contributed by atoms with Crippen LogP contribution in [-0.2, 0) is 6.18 Å². The largest absolute Gasteiger partial charge is 0.480 e. The van der Waals surface area contributed by atoms with Crippen molar-refractivity contribution < 1.29 is 31.5 Å². The normalized spacial score (nSPS) is 18.1. The van der Waals surface area contributed by atoms with Crippen molar-refractivity contribution in [1.29, 1.82) is 0 Å². The number of aromatic nitrogens is 4. The van der Waals surface area contributed by atoms with E-state index in [0.717, 1.165) is 16.9 Å². The molecule has 170 valence electrons. The third-order valence-electron chi connectivity index (χ3n) is 5.00. The Morgan fingerprint density at radius 3 is 2.72 bits per heavy atom. The van der Waals surface area contributed by atoms with Crippen LogP contribution in [0.4, 0.5) is 27.8 Å². The van der Waals surface area contributed by atoms with Gasteiger partial charge in [0.1, 0.15) is 23.4 Å². The van der Waals surface area contributed by atoms with Gasteiger partial charge in [0.15, 0.2) is 5.82 Å². The molecule has 32 heavy (non-hydrogen) atoms. The van der Waals surface area contributed by atoms with Crippen LogP contribution in [0.1, 0.15) is 15.9 Å². The van der Waals surface area contributed by atoms with E-state index in [1.807, 2.05) is 0 Å². The van der Waals surface area contributed by atoms with Crippen LogP contribution in [0.5, 0.6) is 5.88 Å². The fraction of sp³-hybridized carbons (Fsp3) is 0.333. The summed E-state index contributed by atoms with van der Waals surface area (Å²) in [6, 6.07) is 0.504. The summed E-state index contributed by atoms with van der Waals surface area (Å²) in [6.45, 7) is -0.743. The summed E-state index contributed by atoms with van der Waals surface area (Å²) in [4.78, 5) is 20.3. The zero-order chi connectivity index (χ0) is 23.3. The van der Waals surface area contributed by atoms with Gasteiger partial charge in [0.05, 0.1) is 24.9 Å². The Balaban J connectivity index is 1.80. The SMILES string of the molecule is COc1ncc(-c2cc(C(F)(F)F)c3c(N)ncnn23)cc1C(=O)NC1CNCC1(F)F. The van der Waals surface area contributed by atoms with Crippen molar-refractivity contribution in [2.75, 3.05) is 25.9 Å². The number of nitrogen functional groups attached to an aromatic ring is 1.